The van der Waals surface area contributed by atoms with Crippen molar-refractivity contribution in [2.24, 2.45) is 5.92 Å². The van der Waals surface area contributed by atoms with Crippen LogP contribution < -0.4 is 0 Å². The largest absolute Gasteiger partial charge is 0.366 e. The molecule has 90 valence electrons. The highest BCUT2D eigenvalue weighted by molar-refractivity contribution is 5.14. The van der Waals surface area contributed by atoms with Crippen molar-refractivity contribution in [3.8, 4) is 0 Å². The van der Waals surface area contributed by atoms with E-state index in [1.165, 1.54) is 24.8 Å². The first-order chi connectivity index (χ1) is 7.51. The van der Waals surface area contributed by atoms with E-state index in [0.717, 1.165) is 12.3 Å². The van der Waals surface area contributed by atoms with Crippen LogP contribution in [0.3, 0.4) is 0 Å². The van der Waals surface area contributed by atoms with Crippen molar-refractivity contribution in [2.45, 2.75) is 65.1 Å². The van der Waals surface area contributed by atoms with Crippen molar-refractivity contribution in [2.75, 3.05) is 0 Å². The van der Waals surface area contributed by atoms with Gasteiger partial charge in [-0.25, -0.2) is 0 Å². The number of fused-ring (bicyclic) bond motifs is 1. The SMILES string of the molecule is CC(C)=CC/C=C(/C)C1CC[C@@]2(C)O[C@H]2C1. The molecule has 2 aliphatic rings. The molecule has 1 heterocycles. The maximum absolute atomic E-state index is 5.75. The van der Waals surface area contributed by atoms with Crippen molar-refractivity contribution >= 4 is 0 Å². The Morgan fingerprint density at radius 1 is 1.31 bits per heavy atom. The fourth-order valence-electron chi connectivity index (χ4n) is 2.71. The summed E-state index contributed by atoms with van der Waals surface area (Å²) < 4.78 is 5.75. The van der Waals surface area contributed by atoms with E-state index in [0.29, 0.717) is 6.10 Å². The van der Waals surface area contributed by atoms with Crippen LogP contribution in [-0.4, -0.2) is 11.7 Å². The summed E-state index contributed by atoms with van der Waals surface area (Å²) in [6.07, 6.45) is 10.1. The predicted octanol–water partition coefficient (Wildman–Crippen LogP) is 4.25. The molecule has 2 rings (SSSR count). The first kappa shape index (κ1) is 11.9. The van der Waals surface area contributed by atoms with E-state index in [9.17, 15) is 0 Å². The zero-order valence-electron chi connectivity index (χ0n) is 11.0. The van der Waals surface area contributed by atoms with Gasteiger partial charge in [0.2, 0.25) is 0 Å². The van der Waals surface area contributed by atoms with Gasteiger partial charge in [-0.15, -0.1) is 0 Å². The Morgan fingerprint density at radius 3 is 2.69 bits per heavy atom. The van der Waals surface area contributed by atoms with Gasteiger partial charge in [-0.05, 0) is 59.3 Å². The van der Waals surface area contributed by atoms with Crippen LogP contribution in [0.1, 0.15) is 53.4 Å². The Balaban J connectivity index is 1.86. The summed E-state index contributed by atoms with van der Waals surface area (Å²) in [4.78, 5) is 0. The number of hydrogen-bond acceptors (Lipinski definition) is 1. The van der Waals surface area contributed by atoms with Crippen LogP contribution in [-0.2, 0) is 4.74 Å². The van der Waals surface area contributed by atoms with Crippen molar-refractivity contribution in [1.82, 2.24) is 0 Å². The zero-order chi connectivity index (χ0) is 11.8. The fourth-order valence-corrected chi connectivity index (χ4v) is 2.71. The summed E-state index contributed by atoms with van der Waals surface area (Å²) in [5.41, 5.74) is 3.23. The molecule has 16 heavy (non-hydrogen) atoms. The quantitative estimate of drug-likeness (QED) is 0.512. The lowest BCUT2D eigenvalue weighted by molar-refractivity contribution is 0.303. The number of ether oxygens (including phenoxy) is 1. The molecule has 0 radical (unpaired) electrons. The van der Waals surface area contributed by atoms with E-state index in [1.54, 1.807) is 5.57 Å². The molecule has 1 unspecified atom stereocenters. The predicted molar refractivity (Wildman–Crippen MR) is 68.4 cm³/mol. The molecule has 0 bridgehead atoms. The van der Waals surface area contributed by atoms with Crippen LogP contribution in [0.4, 0.5) is 0 Å². The Kier molecular flexibility index (Phi) is 3.25. The van der Waals surface area contributed by atoms with Crippen molar-refractivity contribution in [1.29, 1.82) is 0 Å². The molecule has 1 saturated heterocycles. The highest BCUT2D eigenvalue weighted by Gasteiger charge is 2.55. The molecular weight excluding hydrogens is 196 g/mol. The van der Waals surface area contributed by atoms with Crippen LogP contribution in [0.15, 0.2) is 23.3 Å². The van der Waals surface area contributed by atoms with Gasteiger partial charge in [0.25, 0.3) is 0 Å². The summed E-state index contributed by atoms with van der Waals surface area (Å²) >= 11 is 0. The van der Waals surface area contributed by atoms with Crippen molar-refractivity contribution < 1.29 is 4.74 Å². The smallest absolute Gasteiger partial charge is 0.0920 e. The summed E-state index contributed by atoms with van der Waals surface area (Å²) in [6, 6.07) is 0. The van der Waals surface area contributed by atoms with Gasteiger partial charge >= 0.3 is 0 Å². The minimum Gasteiger partial charge on any atom is -0.366 e. The van der Waals surface area contributed by atoms with Crippen LogP contribution in [0.5, 0.6) is 0 Å². The van der Waals surface area contributed by atoms with Crippen molar-refractivity contribution in [3.63, 3.8) is 0 Å². The molecule has 1 aliphatic heterocycles. The third-order valence-electron chi connectivity index (χ3n) is 4.13. The molecule has 3 atom stereocenters. The van der Waals surface area contributed by atoms with Gasteiger partial charge in [-0.2, -0.15) is 0 Å². The van der Waals surface area contributed by atoms with Crippen LogP contribution in [0.25, 0.3) is 0 Å². The van der Waals surface area contributed by atoms with E-state index in [1.807, 2.05) is 0 Å². The lowest BCUT2D eigenvalue weighted by Gasteiger charge is -2.23. The first-order valence-electron chi connectivity index (χ1n) is 6.49. The van der Waals surface area contributed by atoms with Gasteiger partial charge in [-0.3, -0.25) is 0 Å². The molecular formula is C15H24O. The topological polar surface area (TPSA) is 12.5 Å². The summed E-state index contributed by atoms with van der Waals surface area (Å²) in [5.74, 6) is 0.770. The minimum atomic E-state index is 0.261. The summed E-state index contributed by atoms with van der Waals surface area (Å²) in [6.45, 7) is 8.87. The summed E-state index contributed by atoms with van der Waals surface area (Å²) in [7, 11) is 0. The molecule has 0 aromatic rings. The van der Waals surface area contributed by atoms with Gasteiger partial charge in [0.05, 0.1) is 11.7 Å². The molecule has 1 aliphatic carbocycles. The van der Waals surface area contributed by atoms with Gasteiger partial charge in [0, 0.05) is 0 Å². The van der Waals surface area contributed by atoms with Gasteiger partial charge in [0.1, 0.15) is 0 Å². The van der Waals surface area contributed by atoms with Gasteiger partial charge in [-0.1, -0.05) is 23.3 Å². The van der Waals surface area contributed by atoms with E-state index >= 15 is 0 Å². The first-order valence-corrected chi connectivity index (χ1v) is 6.49. The Morgan fingerprint density at radius 2 is 2.06 bits per heavy atom. The van der Waals surface area contributed by atoms with Crippen LogP contribution >= 0.6 is 0 Å². The number of hydrogen-bond donors (Lipinski definition) is 0. The Bertz CT molecular complexity index is 322. The Hall–Kier alpha value is -0.560. The highest BCUT2D eigenvalue weighted by Crippen LogP contribution is 2.50. The molecule has 0 amide bonds. The normalized spacial score (nSPS) is 37.9. The van der Waals surface area contributed by atoms with Crippen LogP contribution in [0.2, 0.25) is 0 Å². The average Bonchev–Trinajstić information content (AvgIpc) is 2.87. The van der Waals surface area contributed by atoms with E-state index in [2.05, 4.69) is 39.8 Å². The molecule has 0 N–H and O–H groups in total. The third-order valence-corrected chi connectivity index (χ3v) is 4.13. The molecule has 0 spiro atoms. The average molecular weight is 220 g/mol. The second-order valence-electron chi connectivity index (χ2n) is 5.86. The molecule has 2 fully saturated rings. The Labute approximate surface area is 99.6 Å². The second kappa shape index (κ2) is 4.37. The van der Waals surface area contributed by atoms with Crippen LogP contribution in [0, 0.1) is 5.92 Å². The number of rotatable bonds is 3. The lowest BCUT2D eigenvalue weighted by atomic mass is 9.79. The summed E-state index contributed by atoms with van der Waals surface area (Å²) in [5, 5.41) is 0. The number of epoxide rings is 1. The second-order valence-corrected chi connectivity index (χ2v) is 5.86. The monoisotopic (exact) mass is 220 g/mol. The molecule has 0 aromatic carbocycles. The lowest BCUT2D eigenvalue weighted by Crippen LogP contribution is -2.21. The highest BCUT2D eigenvalue weighted by atomic mass is 16.6. The molecule has 0 aromatic heterocycles. The van der Waals surface area contributed by atoms with E-state index in [-0.39, 0.29) is 5.60 Å². The van der Waals surface area contributed by atoms with Gasteiger partial charge in [0.15, 0.2) is 0 Å². The number of allylic oxidation sites excluding steroid dienone is 4. The van der Waals surface area contributed by atoms with E-state index < -0.39 is 0 Å². The van der Waals surface area contributed by atoms with Gasteiger partial charge < -0.3 is 4.74 Å². The standard InChI is InChI=1S/C15H24O/c1-11(2)6-5-7-12(3)13-8-9-15(4)14(10-13)16-15/h6-7,13-14H,5,8-10H2,1-4H3/b12-7-/t13?,14-,15+/m0/s1. The fraction of sp³-hybridized carbons (Fsp3) is 0.733. The zero-order valence-corrected chi connectivity index (χ0v) is 11.0. The maximum Gasteiger partial charge on any atom is 0.0920 e. The van der Waals surface area contributed by atoms with E-state index in [4.69, 9.17) is 4.74 Å². The molecule has 1 saturated carbocycles. The van der Waals surface area contributed by atoms with Crippen molar-refractivity contribution in [3.05, 3.63) is 23.3 Å². The molecule has 1 heteroatoms. The third kappa shape index (κ3) is 2.57. The minimum absolute atomic E-state index is 0.261. The molecule has 1 nitrogen and oxygen atoms in total. The maximum atomic E-state index is 5.75.